The van der Waals surface area contributed by atoms with Gasteiger partial charge < -0.3 is 10.2 Å². The van der Waals surface area contributed by atoms with E-state index in [4.69, 9.17) is 34.8 Å². The zero-order valence-corrected chi connectivity index (χ0v) is 25.8. The number of carbonyl (C=O) groups is 2. The van der Waals surface area contributed by atoms with Gasteiger partial charge in [0.15, 0.2) is 0 Å². The summed E-state index contributed by atoms with van der Waals surface area (Å²) >= 11 is 18.4. The Bertz CT molecular complexity index is 1450. The van der Waals surface area contributed by atoms with Crippen LogP contribution in [0.3, 0.4) is 0 Å². The molecule has 3 rings (SSSR count). The van der Waals surface area contributed by atoms with Crippen LogP contribution in [0.25, 0.3) is 0 Å². The summed E-state index contributed by atoms with van der Waals surface area (Å²) in [6, 6.07) is 16.6. The minimum atomic E-state index is -4.21. The average Bonchev–Trinajstić information content (AvgIpc) is 2.89. The molecule has 1 N–H and O–H groups in total. The molecule has 0 saturated carbocycles. The predicted molar refractivity (Wildman–Crippen MR) is 162 cm³/mol. The van der Waals surface area contributed by atoms with Crippen molar-refractivity contribution in [2.75, 3.05) is 10.8 Å². The highest BCUT2D eigenvalue weighted by Crippen LogP contribution is 2.31. The maximum atomic E-state index is 14.0. The van der Waals surface area contributed by atoms with Crippen molar-refractivity contribution in [1.29, 1.82) is 0 Å². The van der Waals surface area contributed by atoms with Gasteiger partial charge in [-0.05, 0) is 75.2 Å². The average molecular weight is 625 g/mol. The summed E-state index contributed by atoms with van der Waals surface area (Å²) < 4.78 is 28.8. The maximum Gasteiger partial charge on any atom is 0.264 e. The molecule has 0 bridgehead atoms. The Labute approximate surface area is 251 Å². The Kier molecular flexibility index (Phi) is 10.9. The standard InChI is InChI=1S/C29H32Cl3N3O4S/c1-5-27(29(37)33-19(2)3)34(17-21-8-10-22(30)11-9-21)28(36)18-35(23-12-15-25(31)26(32)16-23)40(38,39)24-13-6-20(4)7-14-24/h6-16,19,27H,5,17-18H2,1-4H3,(H,33,37)/t27-/m1/s1. The van der Waals surface area contributed by atoms with Crippen molar-refractivity contribution in [3.8, 4) is 0 Å². The number of anilines is 1. The molecule has 40 heavy (non-hydrogen) atoms. The van der Waals surface area contributed by atoms with E-state index in [0.29, 0.717) is 11.4 Å². The van der Waals surface area contributed by atoms with Gasteiger partial charge in [0.25, 0.3) is 10.0 Å². The van der Waals surface area contributed by atoms with E-state index in [1.54, 1.807) is 43.3 Å². The van der Waals surface area contributed by atoms with E-state index in [-0.39, 0.29) is 39.1 Å². The fraction of sp³-hybridized carbons (Fsp3) is 0.310. The molecule has 3 aromatic carbocycles. The Morgan fingerprint density at radius 3 is 2.08 bits per heavy atom. The number of amides is 2. The number of carbonyl (C=O) groups excluding carboxylic acids is 2. The number of nitrogens with one attached hydrogen (secondary N) is 1. The van der Waals surface area contributed by atoms with E-state index in [1.807, 2.05) is 20.8 Å². The molecule has 0 aliphatic rings. The highest BCUT2D eigenvalue weighted by molar-refractivity contribution is 7.92. The molecule has 11 heteroatoms. The summed E-state index contributed by atoms with van der Waals surface area (Å²) in [7, 11) is -4.21. The molecule has 0 aliphatic heterocycles. The second kappa shape index (κ2) is 13.7. The van der Waals surface area contributed by atoms with Gasteiger partial charge in [-0.25, -0.2) is 8.42 Å². The second-order valence-corrected chi connectivity index (χ2v) is 12.8. The lowest BCUT2D eigenvalue weighted by Crippen LogP contribution is -2.53. The maximum absolute atomic E-state index is 14.0. The van der Waals surface area contributed by atoms with Crippen molar-refractivity contribution >= 4 is 62.3 Å². The Morgan fingerprint density at radius 1 is 0.900 bits per heavy atom. The van der Waals surface area contributed by atoms with E-state index >= 15 is 0 Å². The normalized spacial score (nSPS) is 12.2. The highest BCUT2D eigenvalue weighted by Gasteiger charge is 2.34. The number of sulfonamides is 1. The Morgan fingerprint density at radius 2 is 1.52 bits per heavy atom. The van der Waals surface area contributed by atoms with Crippen molar-refractivity contribution < 1.29 is 18.0 Å². The molecule has 1 atom stereocenters. The predicted octanol–water partition coefficient (Wildman–Crippen LogP) is 6.48. The third-order valence-corrected chi connectivity index (χ3v) is 8.94. The van der Waals surface area contributed by atoms with Crippen molar-refractivity contribution in [3.05, 3.63) is 92.9 Å². The minimum absolute atomic E-state index is 0.00539. The molecule has 0 radical (unpaired) electrons. The monoisotopic (exact) mass is 623 g/mol. The van der Waals surface area contributed by atoms with Crippen molar-refractivity contribution in [2.45, 2.75) is 57.6 Å². The Balaban J connectivity index is 2.08. The second-order valence-electron chi connectivity index (χ2n) is 9.66. The molecular formula is C29H32Cl3N3O4S. The van der Waals surface area contributed by atoms with Gasteiger partial charge in [-0.1, -0.05) is 71.6 Å². The molecule has 0 spiro atoms. The lowest BCUT2D eigenvalue weighted by Gasteiger charge is -2.33. The van der Waals surface area contributed by atoms with Crippen LogP contribution >= 0.6 is 34.8 Å². The Hall–Kier alpha value is -2.78. The largest absolute Gasteiger partial charge is 0.352 e. The van der Waals surface area contributed by atoms with Gasteiger partial charge in [0.2, 0.25) is 11.8 Å². The molecule has 2 amide bonds. The molecule has 0 heterocycles. The smallest absolute Gasteiger partial charge is 0.264 e. The zero-order valence-electron chi connectivity index (χ0n) is 22.7. The third kappa shape index (κ3) is 7.91. The van der Waals surface area contributed by atoms with E-state index < -0.39 is 28.5 Å². The lowest BCUT2D eigenvalue weighted by molar-refractivity contribution is -0.140. The van der Waals surface area contributed by atoms with Crippen LogP contribution in [0.1, 0.15) is 38.3 Å². The number of aryl methyl sites for hydroxylation is 1. The topological polar surface area (TPSA) is 86.8 Å². The van der Waals surface area contributed by atoms with Crippen LogP contribution in [0.2, 0.25) is 15.1 Å². The number of rotatable bonds is 11. The van der Waals surface area contributed by atoms with Crippen molar-refractivity contribution in [3.63, 3.8) is 0 Å². The van der Waals surface area contributed by atoms with E-state index in [1.165, 1.54) is 35.2 Å². The SMILES string of the molecule is CC[C@H](C(=O)NC(C)C)N(Cc1ccc(Cl)cc1)C(=O)CN(c1ccc(Cl)c(Cl)c1)S(=O)(=O)c1ccc(C)cc1. The number of nitrogens with zero attached hydrogens (tertiary/aromatic N) is 2. The minimum Gasteiger partial charge on any atom is -0.352 e. The summed E-state index contributed by atoms with van der Waals surface area (Å²) in [6.45, 7) is 6.80. The van der Waals surface area contributed by atoms with Crippen molar-refractivity contribution in [2.24, 2.45) is 0 Å². The molecule has 3 aromatic rings. The van der Waals surface area contributed by atoms with Crippen molar-refractivity contribution in [1.82, 2.24) is 10.2 Å². The quantitative estimate of drug-likeness (QED) is 0.265. The molecule has 0 fully saturated rings. The molecule has 0 aliphatic carbocycles. The zero-order chi connectivity index (χ0) is 29.6. The van der Waals surface area contributed by atoms with E-state index in [2.05, 4.69) is 5.32 Å². The summed E-state index contributed by atoms with van der Waals surface area (Å²) in [5, 5.41) is 3.77. The van der Waals surface area contributed by atoms with E-state index in [9.17, 15) is 18.0 Å². The molecular weight excluding hydrogens is 593 g/mol. The molecule has 0 unspecified atom stereocenters. The summed E-state index contributed by atoms with van der Waals surface area (Å²) in [5.74, 6) is -0.898. The van der Waals surface area contributed by atoms with Crippen LogP contribution in [0.5, 0.6) is 0 Å². The fourth-order valence-corrected chi connectivity index (χ4v) is 5.92. The van der Waals surface area contributed by atoms with Gasteiger partial charge >= 0.3 is 0 Å². The van der Waals surface area contributed by atoms with Gasteiger partial charge in [0, 0.05) is 17.6 Å². The fourth-order valence-electron chi connectivity index (χ4n) is 4.09. The molecule has 7 nitrogen and oxygen atoms in total. The summed E-state index contributed by atoms with van der Waals surface area (Å²) in [4.78, 5) is 28.6. The van der Waals surface area contributed by atoms with Crippen LogP contribution in [0, 0.1) is 6.92 Å². The first-order valence-electron chi connectivity index (χ1n) is 12.7. The van der Waals surface area contributed by atoms with Crippen LogP contribution in [-0.4, -0.2) is 43.8 Å². The van der Waals surface area contributed by atoms with Crippen LogP contribution in [0.15, 0.2) is 71.6 Å². The molecule has 0 saturated heterocycles. The van der Waals surface area contributed by atoms with Crippen LogP contribution < -0.4 is 9.62 Å². The first-order chi connectivity index (χ1) is 18.8. The lowest BCUT2D eigenvalue weighted by atomic mass is 10.1. The van der Waals surface area contributed by atoms with Gasteiger partial charge in [-0.15, -0.1) is 0 Å². The third-order valence-electron chi connectivity index (χ3n) is 6.16. The summed E-state index contributed by atoms with van der Waals surface area (Å²) in [6.07, 6.45) is 0.315. The van der Waals surface area contributed by atoms with Gasteiger partial charge in [0.1, 0.15) is 12.6 Å². The number of benzene rings is 3. The first kappa shape index (κ1) is 31.7. The van der Waals surface area contributed by atoms with Gasteiger partial charge in [-0.3, -0.25) is 13.9 Å². The first-order valence-corrected chi connectivity index (χ1v) is 15.3. The summed E-state index contributed by atoms with van der Waals surface area (Å²) in [5.41, 5.74) is 1.78. The molecule has 0 aromatic heterocycles. The van der Waals surface area contributed by atoms with E-state index in [0.717, 1.165) is 15.4 Å². The molecule has 214 valence electrons. The van der Waals surface area contributed by atoms with Crippen LogP contribution in [-0.2, 0) is 26.2 Å². The number of hydrogen-bond acceptors (Lipinski definition) is 4. The van der Waals surface area contributed by atoms with Gasteiger partial charge in [-0.2, -0.15) is 0 Å². The number of halogens is 3. The van der Waals surface area contributed by atoms with Gasteiger partial charge in [0.05, 0.1) is 20.6 Å². The van der Waals surface area contributed by atoms with Crippen LogP contribution in [0.4, 0.5) is 5.69 Å². The highest BCUT2D eigenvalue weighted by atomic mass is 35.5. The number of hydrogen-bond donors (Lipinski definition) is 1.